The van der Waals surface area contributed by atoms with Gasteiger partial charge in [-0.25, -0.2) is 0 Å². The van der Waals surface area contributed by atoms with E-state index in [1.54, 1.807) is 5.57 Å². The van der Waals surface area contributed by atoms with E-state index in [4.69, 9.17) is 4.43 Å². The maximum absolute atomic E-state index is 10.3. The smallest absolute Gasteiger partial charge is 0.192 e. The zero-order valence-corrected chi connectivity index (χ0v) is 22.3. The monoisotopic (exact) mass is 442 g/mol. The molecule has 0 bridgehead atoms. The first kappa shape index (κ1) is 24.7. The molecule has 0 aromatic heterocycles. The van der Waals surface area contributed by atoms with Crippen LogP contribution in [0.3, 0.4) is 0 Å². The number of hydrogen-bond acceptors (Lipinski definition) is 2. The van der Waals surface area contributed by atoms with Crippen LogP contribution in [0.2, 0.25) is 18.1 Å². The average Bonchev–Trinajstić information content (AvgIpc) is 2.99. The molecule has 0 radical (unpaired) electrons. The van der Waals surface area contributed by atoms with Gasteiger partial charge in [0, 0.05) is 0 Å². The highest BCUT2D eigenvalue weighted by Crippen LogP contribution is 2.55. The van der Waals surface area contributed by atoms with Crippen molar-refractivity contribution in [3.05, 3.63) is 47.1 Å². The molecular formula is C28H46O2Si. The fourth-order valence-electron chi connectivity index (χ4n) is 5.84. The van der Waals surface area contributed by atoms with Crippen molar-refractivity contribution >= 4 is 8.32 Å². The summed E-state index contributed by atoms with van der Waals surface area (Å²) in [5.74, 6) is 1.16. The summed E-state index contributed by atoms with van der Waals surface area (Å²) in [5.41, 5.74) is 5.52. The van der Waals surface area contributed by atoms with Gasteiger partial charge in [0.2, 0.25) is 0 Å². The highest BCUT2D eigenvalue weighted by atomic mass is 28.4. The molecule has 3 aliphatic carbocycles. The van der Waals surface area contributed by atoms with Crippen LogP contribution in [0.1, 0.15) is 80.1 Å². The molecule has 0 aliphatic heterocycles. The number of aliphatic hydroxyl groups excluding tert-OH is 1. The van der Waals surface area contributed by atoms with Crippen LogP contribution in [0.15, 0.2) is 47.1 Å². The molecule has 2 fully saturated rings. The lowest BCUT2D eigenvalue weighted by molar-refractivity contribution is 0.158. The van der Waals surface area contributed by atoms with E-state index in [2.05, 4.69) is 72.5 Å². The van der Waals surface area contributed by atoms with Gasteiger partial charge < -0.3 is 9.53 Å². The topological polar surface area (TPSA) is 29.5 Å². The van der Waals surface area contributed by atoms with Crippen molar-refractivity contribution in [3.8, 4) is 0 Å². The zero-order chi connectivity index (χ0) is 23.2. The Hall–Kier alpha value is -0.903. The van der Waals surface area contributed by atoms with Crippen LogP contribution in [-0.4, -0.2) is 25.6 Å². The first-order valence-corrected chi connectivity index (χ1v) is 15.3. The van der Waals surface area contributed by atoms with Crippen molar-refractivity contribution < 1.29 is 9.53 Å². The fraction of sp³-hybridized carbons (Fsp3) is 0.714. The Bertz CT molecular complexity index is 792. The van der Waals surface area contributed by atoms with Gasteiger partial charge in [-0.3, -0.25) is 0 Å². The predicted molar refractivity (Wildman–Crippen MR) is 136 cm³/mol. The van der Waals surface area contributed by atoms with E-state index < -0.39 is 8.32 Å². The molecule has 3 unspecified atom stereocenters. The van der Waals surface area contributed by atoms with E-state index in [0.717, 1.165) is 19.3 Å². The maximum Gasteiger partial charge on any atom is 0.192 e. The molecule has 174 valence electrons. The fourth-order valence-corrected chi connectivity index (χ4v) is 7.14. The summed E-state index contributed by atoms with van der Waals surface area (Å²) in [5, 5.41) is 10.5. The van der Waals surface area contributed by atoms with Gasteiger partial charge >= 0.3 is 0 Å². The third-order valence-electron chi connectivity index (χ3n) is 8.79. The van der Waals surface area contributed by atoms with Crippen LogP contribution in [0, 0.1) is 17.3 Å². The Balaban J connectivity index is 1.81. The lowest BCUT2D eigenvalue weighted by Gasteiger charge is -2.43. The van der Waals surface area contributed by atoms with Gasteiger partial charge in [-0.1, -0.05) is 65.0 Å². The molecule has 3 rings (SSSR count). The number of rotatable bonds is 4. The second-order valence-corrected chi connectivity index (χ2v) is 17.0. The van der Waals surface area contributed by atoms with E-state index in [9.17, 15) is 5.11 Å². The molecule has 3 aliphatic rings. The van der Waals surface area contributed by atoms with Gasteiger partial charge in [-0.2, -0.15) is 0 Å². The first-order valence-electron chi connectivity index (χ1n) is 12.4. The van der Waals surface area contributed by atoms with Crippen LogP contribution < -0.4 is 0 Å². The van der Waals surface area contributed by atoms with E-state index in [1.807, 2.05) is 6.92 Å². The summed E-state index contributed by atoms with van der Waals surface area (Å²) < 4.78 is 6.82. The molecule has 0 heterocycles. The predicted octanol–water partition coefficient (Wildman–Crippen LogP) is 7.73. The van der Waals surface area contributed by atoms with Crippen LogP contribution in [0.4, 0.5) is 0 Å². The Kier molecular flexibility index (Phi) is 7.02. The van der Waals surface area contributed by atoms with Crippen LogP contribution >= 0.6 is 0 Å². The molecule has 5 atom stereocenters. The number of aliphatic hydroxyl groups is 1. The van der Waals surface area contributed by atoms with Crippen molar-refractivity contribution in [3.63, 3.8) is 0 Å². The minimum atomic E-state index is -1.83. The Morgan fingerprint density at radius 1 is 1.29 bits per heavy atom. The maximum atomic E-state index is 10.3. The minimum Gasteiger partial charge on any atom is -0.410 e. The van der Waals surface area contributed by atoms with E-state index >= 15 is 0 Å². The molecule has 31 heavy (non-hydrogen) atoms. The lowest BCUT2D eigenvalue weighted by Crippen LogP contribution is -2.45. The summed E-state index contributed by atoms with van der Waals surface area (Å²) in [6.07, 6.45) is 13.7. The molecule has 2 nitrogen and oxygen atoms in total. The lowest BCUT2D eigenvalue weighted by atomic mass is 9.63. The van der Waals surface area contributed by atoms with Gasteiger partial charge in [0.1, 0.15) is 0 Å². The highest BCUT2D eigenvalue weighted by Gasteiger charge is 2.46. The molecule has 3 heteroatoms. The second kappa shape index (κ2) is 8.80. The molecule has 0 spiro atoms. The Morgan fingerprint density at radius 2 is 1.97 bits per heavy atom. The Morgan fingerprint density at radius 3 is 2.58 bits per heavy atom. The van der Waals surface area contributed by atoms with E-state index in [-0.39, 0.29) is 22.7 Å². The first-order chi connectivity index (χ1) is 14.3. The SMILES string of the molecule is C=C1/C(=C\C=C2/CCC[C@]3(C)C([C@H](C)O)=CCC23)CC(C)CC1O[Si](C)(C)C(C)(C)C. The van der Waals surface area contributed by atoms with Crippen molar-refractivity contribution in [2.45, 2.75) is 110 Å². The summed E-state index contributed by atoms with van der Waals surface area (Å²) in [6, 6.07) is 0. The summed E-state index contributed by atoms with van der Waals surface area (Å²) in [6.45, 7) is 22.8. The van der Waals surface area contributed by atoms with Gasteiger partial charge in [0.15, 0.2) is 8.32 Å². The highest BCUT2D eigenvalue weighted by molar-refractivity contribution is 6.74. The van der Waals surface area contributed by atoms with Crippen molar-refractivity contribution in [2.24, 2.45) is 17.3 Å². The molecule has 0 amide bonds. The zero-order valence-electron chi connectivity index (χ0n) is 21.3. The summed E-state index contributed by atoms with van der Waals surface area (Å²) in [7, 11) is -1.83. The van der Waals surface area contributed by atoms with E-state index in [0.29, 0.717) is 11.8 Å². The number of fused-ring (bicyclic) bond motifs is 1. The number of allylic oxidation sites excluding steroid dienone is 4. The molecular weight excluding hydrogens is 396 g/mol. The molecule has 1 N–H and O–H groups in total. The second-order valence-electron chi connectivity index (χ2n) is 12.3. The van der Waals surface area contributed by atoms with Gasteiger partial charge in [-0.05, 0) is 97.6 Å². The largest absolute Gasteiger partial charge is 0.410 e. The molecule has 0 aromatic rings. The molecule has 0 aromatic carbocycles. The van der Waals surface area contributed by atoms with Crippen LogP contribution in [0.25, 0.3) is 0 Å². The Labute approximate surface area is 192 Å². The summed E-state index contributed by atoms with van der Waals surface area (Å²) in [4.78, 5) is 0. The normalized spacial score (nSPS) is 36.0. The molecule has 0 saturated heterocycles. The average molecular weight is 443 g/mol. The number of hydrogen-bond donors (Lipinski definition) is 1. The minimum absolute atomic E-state index is 0.127. The third-order valence-corrected chi connectivity index (χ3v) is 13.3. The van der Waals surface area contributed by atoms with Crippen molar-refractivity contribution in [1.29, 1.82) is 0 Å². The molecule has 2 saturated carbocycles. The van der Waals surface area contributed by atoms with Gasteiger partial charge in [-0.15, -0.1) is 0 Å². The third kappa shape index (κ3) is 4.89. The van der Waals surface area contributed by atoms with Crippen molar-refractivity contribution in [1.82, 2.24) is 0 Å². The standard InChI is InChI=1S/C28H46O2Si/c1-19-17-23(20(2)26(18-19)30-31(8,9)27(4,5)6)13-12-22-11-10-16-28(7)24(21(3)29)14-15-25(22)28/h12-14,19,21,25-26,29H,2,10-11,15-18H2,1,3-9H3/b22-12+,23-13-/t19?,21-,25?,26?,28+/m0/s1. The van der Waals surface area contributed by atoms with Crippen LogP contribution in [-0.2, 0) is 4.43 Å². The summed E-state index contributed by atoms with van der Waals surface area (Å²) >= 11 is 0. The van der Waals surface area contributed by atoms with Gasteiger partial charge in [0.05, 0.1) is 12.2 Å². The van der Waals surface area contributed by atoms with Crippen LogP contribution in [0.5, 0.6) is 0 Å². The quantitative estimate of drug-likeness (QED) is 0.356. The van der Waals surface area contributed by atoms with Gasteiger partial charge in [0.25, 0.3) is 0 Å². The van der Waals surface area contributed by atoms with E-state index in [1.165, 1.54) is 36.0 Å². The van der Waals surface area contributed by atoms with Crippen molar-refractivity contribution in [2.75, 3.05) is 0 Å².